The monoisotopic (exact) mass is 260 g/mol. The molecule has 1 N–H and O–H groups in total. The third kappa shape index (κ3) is 1.63. The van der Waals surface area contributed by atoms with Crippen LogP contribution in [0.3, 0.4) is 0 Å². The van der Waals surface area contributed by atoms with Crippen molar-refractivity contribution in [1.82, 2.24) is 0 Å². The van der Waals surface area contributed by atoms with E-state index < -0.39 is 0 Å². The third-order valence-corrected chi connectivity index (χ3v) is 3.90. The molecule has 0 aliphatic heterocycles. The summed E-state index contributed by atoms with van der Waals surface area (Å²) in [5.74, 6) is 0. The summed E-state index contributed by atoms with van der Waals surface area (Å²) in [5, 5.41) is 9.94. The van der Waals surface area contributed by atoms with E-state index in [-0.39, 0.29) is 12.0 Å². The molecule has 70 valence electrons. The van der Waals surface area contributed by atoms with Gasteiger partial charge in [0.1, 0.15) is 0 Å². The van der Waals surface area contributed by atoms with Gasteiger partial charge >= 0.3 is 0 Å². The molecule has 0 bridgehead atoms. The zero-order chi connectivity index (χ0) is 9.47. The largest absolute Gasteiger partial charge is 0.395 e. The van der Waals surface area contributed by atoms with Crippen molar-refractivity contribution in [3.8, 4) is 0 Å². The first-order valence-corrected chi connectivity index (χ1v) is 5.41. The zero-order valence-corrected chi connectivity index (χ0v) is 9.40. The Morgan fingerprint density at radius 1 is 1.46 bits per heavy atom. The van der Waals surface area contributed by atoms with Crippen LogP contribution in [0.4, 0.5) is 0 Å². The Morgan fingerprint density at radius 2 is 2.15 bits per heavy atom. The molecule has 0 heterocycles. The van der Waals surface area contributed by atoms with Crippen molar-refractivity contribution < 1.29 is 5.11 Å². The normalized spacial score (nSPS) is 18.7. The predicted molar refractivity (Wildman–Crippen MR) is 57.1 cm³/mol. The summed E-state index contributed by atoms with van der Waals surface area (Å²) < 4.78 is 0.909. The fourth-order valence-electron chi connectivity index (χ4n) is 1.51. The van der Waals surface area contributed by atoms with Gasteiger partial charge in [-0.3, -0.25) is 0 Å². The maximum atomic E-state index is 9.22. The molecular formula is C10H10BrClO. The maximum Gasteiger partial charge on any atom is 0.0548 e. The summed E-state index contributed by atoms with van der Waals surface area (Å²) in [6.45, 7) is 0.237. The second-order valence-electron chi connectivity index (χ2n) is 3.57. The molecule has 1 saturated carbocycles. The standard InChI is InChI=1S/C10H10BrClO/c11-8-5-7(1-2-9(8)12)10(6-13)3-4-10/h1-2,5,13H,3-4,6H2. The highest BCUT2D eigenvalue weighted by Crippen LogP contribution is 2.48. The van der Waals surface area contributed by atoms with E-state index in [4.69, 9.17) is 11.6 Å². The highest BCUT2D eigenvalue weighted by atomic mass is 79.9. The molecule has 2 rings (SSSR count). The van der Waals surface area contributed by atoms with Gasteiger partial charge in [-0.1, -0.05) is 17.7 Å². The number of aliphatic hydroxyl groups excluding tert-OH is 1. The Labute approximate surface area is 90.9 Å². The van der Waals surface area contributed by atoms with Gasteiger partial charge in [0.25, 0.3) is 0 Å². The van der Waals surface area contributed by atoms with E-state index in [1.165, 1.54) is 5.56 Å². The van der Waals surface area contributed by atoms with Gasteiger partial charge in [0.15, 0.2) is 0 Å². The zero-order valence-electron chi connectivity index (χ0n) is 7.06. The van der Waals surface area contributed by atoms with Crippen LogP contribution in [-0.2, 0) is 5.41 Å². The fourth-order valence-corrected chi connectivity index (χ4v) is 2.01. The molecule has 1 fully saturated rings. The summed E-state index contributed by atoms with van der Waals surface area (Å²) >= 11 is 9.27. The average molecular weight is 262 g/mol. The van der Waals surface area contributed by atoms with Gasteiger partial charge in [-0.15, -0.1) is 0 Å². The van der Waals surface area contributed by atoms with Gasteiger partial charge in [0.2, 0.25) is 0 Å². The molecule has 3 heteroatoms. The molecule has 0 radical (unpaired) electrons. The van der Waals surface area contributed by atoms with E-state index >= 15 is 0 Å². The van der Waals surface area contributed by atoms with E-state index in [0.29, 0.717) is 0 Å². The molecule has 0 amide bonds. The van der Waals surface area contributed by atoms with Crippen LogP contribution in [0.15, 0.2) is 22.7 Å². The first-order valence-electron chi connectivity index (χ1n) is 4.24. The van der Waals surface area contributed by atoms with Crippen LogP contribution < -0.4 is 0 Å². The Bertz CT molecular complexity index is 334. The van der Waals surface area contributed by atoms with Crippen LogP contribution in [0.5, 0.6) is 0 Å². The first-order chi connectivity index (χ1) is 6.18. The van der Waals surface area contributed by atoms with E-state index in [0.717, 1.165) is 22.3 Å². The molecule has 0 aromatic heterocycles. The van der Waals surface area contributed by atoms with Crippen LogP contribution in [0.2, 0.25) is 5.02 Å². The fraction of sp³-hybridized carbons (Fsp3) is 0.400. The highest BCUT2D eigenvalue weighted by Gasteiger charge is 2.43. The van der Waals surface area contributed by atoms with Crippen LogP contribution in [-0.4, -0.2) is 11.7 Å². The molecule has 1 aliphatic rings. The van der Waals surface area contributed by atoms with Crippen molar-refractivity contribution in [3.63, 3.8) is 0 Å². The predicted octanol–water partition coefficient (Wildman–Crippen LogP) is 3.13. The van der Waals surface area contributed by atoms with E-state index in [1.807, 2.05) is 18.2 Å². The number of hydrogen-bond donors (Lipinski definition) is 1. The minimum absolute atomic E-state index is 0.0348. The minimum Gasteiger partial charge on any atom is -0.395 e. The van der Waals surface area contributed by atoms with Crippen LogP contribution in [0, 0.1) is 0 Å². The summed E-state index contributed by atoms with van der Waals surface area (Å²) in [5.41, 5.74) is 1.22. The van der Waals surface area contributed by atoms with Gasteiger partial charge in [-0.25, -0.2) is 0 Å². The van der Waals surface area contributed by atoms with Crippen molar-refractivity contribution in [2.45, 2.75) is 18.3 Å². The Hall–Kier alpha value is -0.0500. The first kappa shape index (κ1) is 9.50. The van der Waals surface area contributed by atoms with Crippen molar-refractivity contribution in [2.24, 2.45) is 0 Å². The van der Waals surface area contributed by atoms with Gasteiger partial charge in [-0.2, -0.15) is 0 Å². The molecule has 0 spiro atoms. The van der Waals surface area contributed by atoms with Gasteiger partial charge < -0.3 is 5.11 Å². The lowest BCUT2D eigenvalue weighted by atomic mass is 9.97. The molecule has 1 aromatic carbocycles. The van der Waals surface area contributed by atoms with Crippen LogP contribution in [0.1, 0.15) is 18.4 Å². The maximum absolute atomic E-state index is 9.22. The smallest absolute Gasteiger partial charge is 0.0548 e. The van der Waals surface area contributed by atoms with E-state index in [9.17, 15) is 5.11 Å². The second-order valence-corrected chi connectivity index (χ2v) is 4.83. The third-order valence-electron chi connectivity index (χ3n) is 2.69. The topological polar surface area (TPSA) is 20.2 Å². The van der Waals surface area contributed by atoms with Gasteiger partial charge in [0.05, 0.1) is 11.6 Å². The number of aliphatic hydroxyl groups is 1. The lowest BCUT2D eigenvalue weighted by Gasteiger charge is -2.12. The van der Waals surface area contributed by atoms with Crippen molar-refractivity contribution in [2.75, 3.05) is 6.61 Å². The number of rotatable bonds is 2. The minimum atomic E-state index is 0.0348. The summed E-state index contributed by atoms with van der Waals surface area (Å²) in [4.78, 5) is 0. The Kier molecular flexibility index (Phi) is 2.39. The number of halogens is 2. The Balaban J connectivity index is 2.37. The molecule has 0 unspecified atom stereocenters. The average Bonchev–Trinajstić information content (AvgIpc) is 2.90. The van der Waals surface area contributed by atoms with Gasteiger partial charge in [0, 0.05) is 9.89 Å². The molecule has 13 heavy (non-hydrogen) atoms. The lowest BCUT2D eigenvalue weighted by molar-refractivity contribution is 0.255. The summed E-state index contributed by atoms with van der Waals surface area (Å²) in [6, 6.07) is 5.87. The molecule has 1 aromatic rings. The molecule has 0 saturated heterocycles. The summed E-state index contributed by atoms with van der Waals surface area (Å²) in [6.07, 6.45) is 2.16. The van der Waals surface area contributed by atoms with Crippen molar-refractivity contribution in [1.29, 1.82) is 0 Å². The van der Waals surface area contributed by atoms with E-state index in [2.05, 4.69) is 15.9 Å². The number of hydrogen-bond acceptors (Lipinski definition) is 1. The summed E-state index contributed by atoms with van der Waals surface area (Å²) in [7, 11) is 0. The van der Waals surface area contributed by atoms with Crippen molar-refractivity contribution >= 4 is 27.5 Å². The SMILES string of the molecule is OCC1(c2ccc(Cl)c(Br)c2)CC1. The van der Waals surface area contributed by atoms with Crippen LogP contribution >= 0.6 is 27.5 Å². The number of benzene rings is 1. The molecular weight excluding hydrogens is 251 g/mol. The molecule has 1 nitrogen and oxygen atoms in total. The highest BCUT2D eigenvalue weighted by molar-refractivity contribution is 9.10. The van der Waals surface area contributed by atoms with Gasteiger partial charge in [-0.05, 0) is 46.5 Å². The van der Waals surface area contributed by atoms with E-state index in [1.54, 1.807) is 0 Å². The quantitative estimate of drug-likeness (QED) is 0.867. The molecule has 0 atom stereocenters. The Morgan fingerprint density at radius 3 is 2.62 bits per heavy atom. The lowest BCUT2D eigenvalue weighted by Crippen LogP contribution is -2.11. The van der Waals surface area contributed by atoms with Crippen molar-refractivity contribution in [3.05, 3.63) is 33.3 Å². The second kappa shape index (κ2) is 3.26. The van der Waals surface area contributed by atoms with Crippen LogP contribution in [0.25, 0.3) is 0 Å². The molecule has 1 aliphatic carbocycles.